The lowest BCUT2D eigenvalue weighted by Gasteiger charge is -2.31. The summed E-state index contributed by atoms with van der Waals surface area (Å²) in [5, 5.41) is 9.26. The summed E-state index contributed by atoms with van der Waals surface area (Å²) in [6, 6.07) is 8.21. The smallest absolute Gasteiger partial charge is 0.313 e. The minimum absolute atomic E-state index is 0.206. The van der Waals surface area contributed by atoms with Crippen LogP contribution in [-0.4, -0.2) is 29.2 Å². The van der Waals surface area contributed by atoms with Gasteiger partial charge in [0.1, 0.15) is 5.75 Å². The quantitative estimate of drug-likeness (QED) is 0.896. The molecule has 2 rings (SSSR count). The molecule has 0 bridgehead atoms. The van der Waals surface area contributed by atoms with Crippen molar-refractivity contribution in [1.82, 2.24) is 0 Å². The van der Waals surface area contributed by atoms with E-state index in [1.165, 1.54) is 18.4 Å². The summed E-state index contributed by atoms with van der Waals surface area (Å²) in [4.78, 5) is 10.7. The van der Waals surface area contributed by atoms with Crippen LogP contribution in [0.15, 0.2) is 24.3 Å². The first-order chi connectivity index (χ1) is 9.20. The normalized spacial score (nSPS) is 23.0. The third kappa shape index (κ3) is 3.90. The Morgan fingerprint density at radius 2 is 2.00 bits per heavy atom. The highest BCUT2D eigenvalue weighted by molar-refractivity contribution is 8.00. The average molecular weight is 280 g/mol. The van der Waals surface area contributed by atoms with Gasteiger partial charge in [0.15, 0.2) is 0 Å². The number of methoxy groups -OCH3 is 1. The number of aliphatic carboxylic acids is 1. The van der Waals surface area contributed by atoms with Crippen LogP contribution in [0.4, 0.5) is 0 Å². The van der Waals surface area contributed by atoms with Crippen LogP contribution in [0, 0.1) is 0 Å². The maximum absolute atomic E-state index is 10.7. The van der Waals surface area contributed by atoms with Crippen molar-refractivity contribution in [2.75, 3.05) is 12.9 Å². The molecule has 0 aliphatic heterocycles. The van der Waals surface area contributed by atoms with Gasteiger partial charge in [0.2, 0.25) is 0 Å². The second-order valence-electron chi connectivity index (χ2n) is 4.91. The molecule has 19 heavy (non-hydrogen) atoms. The molecule has 104 valence electrons. The Balaban J connectivity index is 2.06. The topological polar surface area (TPSA) is 46.5 Å². The molecule has 0 unspecified atom stereocenters. The lowest BCUT2D eigenvalue weighted by Crippen LogP contribution is -2.21. The molecule has 1 fully saturated rings. The van der Waals surface area contributed by atoms with Crippen LogP contribution in [0.3, 0.4) is 0 Å². The van der Waals surface area contributed by atoms with Crippen molar-refractivity contribution in [3.05, 3.63) is 29.8 Å². The van der Waals surface area contributed by atoms with E-state index in [0.29, 0.717) is 11.2 Å². The van der Waals surface area contributed by atoms with Gasteiger partial charge in [-0.25, -0.2) is 0 Å². The Bertz CT molecular complexity index is 416. The molecule has 1 saturated carbocycles. The minimum Gasteiger partial charge on any atom is -0.497 e. The lowest BCUT2D eigenvalue weighted by molar-refractivity contribution is -0.133. The third-order valence-electron chi connectivity index (χ3n) is 3.67. The summed E-state index contributed by atoms with van der Waals surface area (Å²) in [7, 11) is 1.67. The maximum atomic E-state index is 10.7. The molecule has 0 saturated heterocycles. The molecule has 0 aromatic heterocycles. The fourth-order valence-corrected chi connectivity index (χ4v) is 3.92. The van der Waals surface area contributed by atoms with Gasteiger partial charge >= 0.3 is 5.97 Å². The lowest BCUT2D eigenvalue weighted by atomic mass is 9.83. The summed E-state index contributed by atoms with van der Waals surface area (Å²) < 4.78 is 5.18. The van der Waals surface area contributed by atoms with E-state index < -0.39 is 5.97 Å². The second kappa shape index (κ2) is 6.85. The average Bonchev–Trinajstić information content (AvgIpc) is 2.45. The van der Waals surface area contributed by atoms with E-state index in [1.807, 2.05) is 12.1 Å². The first-order valence-corrected chi connectivity index (χ1v) is 7.73. The number of benzene rings is 1. The van der Waals surface area contributed by atoms with Crippen molar-refractivity contribution in [2.24, 2.45) is 0 Å². The first kappa shape index (κ1) is 14.3. The number of carboxylic acids is 1. The summed E-state index contributed by atoms with van der Waals surface area (Å²) >= 11 is 1.59. The molecule has 0 amide bonds. The number of rotatable bonds is 5. The van der Waals surface area contributed by atoms with Gasteiger partial charge in [-0.05, 0) is 36.5 Å². The van der Waals surface area contributed by atoms with E-state index in [9.17, 15) is 4.79 Å². The number of thioether (sulfide) groups is 1. The second-order valence-corrected chi connectivity index (χ2v) is 6.13. The Kier molecular flexibility index (Phi) is 5.14. The molecule has 0 radical (unpaired) electrons. The zero-order chi connectivity index (χ0) is 13.7. The first-order valence-electron chi connectivity index (χ1n) is 6.68. The predicted octanol–water partition coefficient (Wildman–Crippen LogP) is 3.54. The molecule has 1 aliphatic rings. The van der Waals surface area contributed by atoms with Gasteiger partial charge in [0, 0.05) is 5.25 Å². The molecule has 3 nitrogen and oxygen atoms in total. The molecule has 1 aromatic carbocycles. The van der Waals surface area contributed by atoms with Crippen molar-refractivity contribution in [3.8, 4) is 5.75 Å². The van der Waals surface area contributed by atoms with E-state index in [2.05, 4.69) is 12.1 Å². The fourth-order valence-electron chi connectivity index (χ4n) is 2.71. The van der Waals surface area contributed by atoms with Crippen molar-refractivity contribution in [2.45, 2.75) is 36.9 Å². The molecule has 1 aromatic rings. The summed E-state index contributed by atoms with van der Waals surface area (Å²) in [6.45, 7) is 0. The van der Waals surface area contributed by atoms with Gasteiger partial charge in [-0.3, -0.25) is 4.79 Å². The molecular formula is C15H20O3S. The molecule has 0 spiro atoms. The van der Waals surface area contributed by atoms with Crippen LogP contribution >= 0.6 is 11.8 Å². The number of hydrogen-bond acceptors (Lipinski definition) is 3. The summed E-state index contributed by atoms with van der Waals surface area (Å²) in [5.41, 5.74) is 1.31. The zero-order valence-electron chi connectivity index (χ0n) is 11.2. The van der Waals surface area contributed by atoms with Crippen LogP contribution in [-0.2, 0) is 4.79 Å². The maximum Gasteiger partial charge on any atom is 0.313 e. The van der Waals surface area contributed by atoms with Crippen LogP contribution in [0.25, 0.3) is 0 Å². The SMILES string of the molecule is COc1ccc([C@H]2CCCC[C@@H]2SCC(=O)O)cc1. The van der Waals surface area contributed by atoms with Gasteiger partial charge < -0.3 is 9.84 Å². The highest BCUT2D eigenvalue weighted by Crippen LogP contribution is 2.40. The van der Waals surface area contributed by atoms with E-state index in [-0.39, 0.29) is 5.75 Å². The Hall–Kier alpha value is -1.16. The van der Waals surface area contributed by atoms with Crippen molar-refractivity contribution in [3.63, 3.8) is 0 Å². The third-order valence-corrected chi connectivity index (χ3v) is 5.07. The predicted molar refractivity (Wildman–Crippen MR) is 78.1 cm³/mol. The molecule has 2 atom stereocenters. The monoisotopic (exact) mass is 280 g/mol. The highest BCUT2D eigenvalue weighted by Gasteiger charge is 2.27. The van der Waals surface area contributed by atoms with Gasteiger partial charge in [-0.2, -0.15) is 0 Å². The standard InChI is InChI=1S/C15H20O3S/c1-18-12-8-6-11(7-9-12)13-4-2-3-5-14(13)19-10-15(16)17/h6-9,13-14H,2-5,10H2,1H3,(H,16,17)/t13-,14+/m1/s1. The van der Waals surface area contributed by atoms with Crippen molar-refractivity contribution >= 4 is 17.7 Å². The fraction of sp³-hybridized carbons (Fsp3) is 0.533. The number of ether oxygens (including phenoxy) is 1. The summed E-state index contributed by atoms with van der Waals surface area (Å²) in [5.74, 6) is 0.833. The van der Waals surface area contributed by atoms with Crippen LogP contribution in [0.2, 0.25) is 0 Å². The van der Waals surface area contributed by atoms with Crippen molar-refractivity contribution < 1.29 is 14.6 Å². The molecule has 1 aliphatic carbocycles. The van der Waals surface area contributed by atoms with Crippen LogP contribution in [0.5, 0.6) is 5.75 Å². The highest BCUT2D eigenvalue weighted by atomic mass is 32.2. The van der Waals surface area contributed by atoms with E-state index in [0.717, 1.165) is 18.6 Å². The van der Waals surface area contributed by atoms with Gasteiger partial charge in [-0.15, -0.1) is 11.8 Å². The van der Waals surface area contributed by atoms with Gasteiger partial charge in [0.25, 0.3) is 0 Å². The Morgan fingerprint density at radius 1 is 1.32 bits per heavy atom. The Labute approximate surface area is 118 Å². The van der Waals surface area contributed by atoms with Crippen LogP contribution in [0.1, 0.15) is 37.2 Å². The van der Waals surface area contributed by atoms with Gasteiger partial charge in [0.05, 0.1) is 12.9 Å². The number of carbonyl (C=O) groups is 1. The Morgan fingerprint density at radius 3 is 2.63 bits per heavy atom. The van der Waals surface area contributed by atoms with Crippen molar-refractivity contribution in [1.29, 1.82) is 0 Å². The van der Waals surface area contributed by atoms with E-state index >= 15 is 0 Å². The minimum atomic E-state index is -0.718. The van der Waals surface area contributed by atoms with E-state index in [4.69, 9.17) is 9.84 Å². The van der Waals surface area contributed by atoms with Crippen LogP contribution < -0.4 is 4.74 Å². The zero-order valence-corrected chi connectivity index (χ0v) is 12.0. The summed E-state index contributed by atoms with van der Waals surface area (Å²) in [6.07, 6.45) is 4.73. The number of carboxylic acid groups (broad SMARTS) is 1. The van der Waals surface area contributed by atoms with E-state index in [1.54, 1.807) is 18.9 Å². The molecular weight excluding hydrogens is 260 g/mol. The van der Waals surface area contributed by atoms with Gasteiger partial charge in [-0.1, -0.05) is 25.0 Å². The number of hydrogen-bond donors (Lipinski definition) is 1. The molecule has 4 heteroatoms. The largest absolute Gasteiger partial charge is 0.497 e. The molecule has 0 heterocycles. The molecule has 1 N–H and O–H groups in total.